The van der Waals surface area contributed by atoms with E-state index < -0.39 is 0 Å². The zero-order valence-electron chi connectivity index (χ0n) is 18.8. The maximum atomic E-state index is 13.0. The number of aromatic nitrogens is 2. The first kappa shape index (κ1) is 22.5. The molecule has 1 aliphatic rings. The summed E-state index contributed by atoms with van der Waals surface area (Å²) in [4.78, 5) is 19.7. The molecular formula is C25H29ClN4O2. The molecule has 3 aromatic rings. The van der Waals surface area contributed by atoms with Crippen LogP contribution in [0.25, 0.3) is 11.4 Å². The Morgan fingerprint density at radius 1 is 1.25 bits per heavy atom. The minimum Gasteiger partial charge on any atom is -0.349 e. The van der Waals surface area contributed by atoms with Crippen LogP contribution in [-0.2, 0) is 11.3 Å². The predicted molar refractivity (Wildman–Crippen MR) is 125 cm³/mol. The molecule has 1 aliphatic heterocycles. The molecule has 2 unspecified atom stereocenters. The van der Waals surface area contributed by atoms with Gasteiger partial charge in [-0.3, -0.25) is 9.69 Å². The Bertz CT molecular complexity index is 1100. The van der Waals surface area contributed by atoms with E-state index in [2.05, 4.69) is 52.4 Å². The van der Waals surface area contributed by atoms with E-state index in [1.54, 1.807) is 0 Å². The number of benzene rings is 2. The number of hydrogen-bond acceptors (Lipinski definition) is 5. The van der Waals surface area contributed by atoms with Crippen LogP contribution in [0.15, 0.2) is 47.0 Å². The van der Waals surface area contributed by atoms with Gasteiger partial charge in [0.05, 0.1) is 18.5 Å². The Hall–Kier alpha value is -2.70. The molecule has 4 rings (SSSR count). The van der Waals surface area contributed by atoms with Crippen molar-refractivity contribution in [3.63, 3.8) is 0 Å². The molecule has 6 nitrogen and oxygen atoms in total. The van der Waals surface area contributed by atoms with Crippen LogP contribution in [0.2, 0.25) is 5.02 Å². The maximum Gasteiger partial charge on any atom is 0.241 e. The topological polar surface area (TPSA) is 71.3 Å². The number of carbonyl (C=O) groups excluding carboxylic acids is 1. The second kappa shape index (κ2) is 9.84. The molecule has 168 valence electrons. The SMILES string of the molecule is Cc1ccc(C(C)NC(=O)C2CCCN(Cc3nc(-c4cccc(Cl)c4)no3)C2)cc1C. The summed E-state index contributed by atoms with van der Waals surface area (Å²) >= 11 is 6.06. The summed E-state index contributed by atoms with van der Waals surface area (Å²) in [5.74, 6) is 1.12. The highest BCUT2D eigenvalue weighted by molar-refractivity contribution is 6.30. The molecule has 1 amide bonds. The van der Waals surface area contributed by atoms with Crippen molar-refractivity contribution < 1.29 is 9.32 Å². The third kappa shape index (κ3) is 5.37. The van der Waals surface area contributed by atoms with E-state index in [1.807, 2.05) is 31.2 Å². The van der Waals surface area contributed by atoms with E-state index in [-0.39, 0.29) is 17.9 Å². The van der Waals surface area contributed by atoms with Crippen molar-refractivity contribution in [2.45, 2.75) is 46.2 Å². The molecule has 1 N–H and O–H groups in total. The monoisotopic (exact) mass is 452 g/mol. The first-order chi connectivity index (χ1) is 15.4. The van der Waals surface area contributed by atoms with E-state index in [0.717, 1.165) is 30.5 Å². The van der Waals surface area contributed by atoms with Gasteiger partial charge in [0.1, 0.15) is 0 Å². The summed E-state index contributed by atoms with van der Waals surface area (Å²) in [7, 11) is 0. The van der Waals surface area contributed by atoms with Crippen LogP contribution in [0.3, 0.4) is 0 Å². The fourth-order valence-corrected chi connectivity index (χ4v) is 4.31. The molecule has 2 aromatic carbocycles. The molecule has 0 bridgehead atoms. The standard InChI is InChI=1S/C25H29ClN4O2/c1-16-9-10-19(12-17(16)2)18(3)27-25(31)21-7-5-11-30(14-21)15-23-28-24(29-32-23)20-6-4-8-22(26)13-20/h4,6,8-10,12-13,18,21H,5,7,11,14-15H2,1-3H3,(H,27,31). The molecule has 0 saturated carbocycles. The molecule has 2 atom stereocenters. The van der Waals surface area contributed by atoms with Crippen molar-refractivity contribution in [1.29, 1.82) is 0 Å². The smallest absolute Gasteiger partial charge is 0.241 e. The number of nitrogens with zero attached hydrogens (tertiary/aromatic N) is 3. The molecule has 1 aromatic heterocycles. The second-order valence-electron chi connectivity index (χ2n) is 8.67. The van der Waals surface area contributed by atoms with Crippen LogP contribution in [0.1, 0.15) is 48.4 Å². The fourth-order valence-electron chi connectivity index (χ4n) is 4.12. The Morgan fingerprint density at radius 3 is 2.88 bits per heavy atom. The summed E-state index contributed by atoms with van der Waals surface area (Å²) < 4.78 is 5.45. The Balaban J connectivity index is 1.35. The normalized spacial score (nSPS) is 17.8. The van der Waals surface area contributed by atoms with Crippen LogP contribution in [0, 0.1) is 19.8 Å². The lowest BCUT2D eigenvalue weighted by Crippen LogP contribution is -2.43. The first-order valence-corrected chi connectivity index (χ1v) is 11.5. The van der Waals surface area contributed by atoms with Crippen molar-refractivity contribution >= 4 is 17.5 Å². The van der Waals surface area contributed by atoms with Gasteiger partial charge in [-0.2, -0.15) is 4.98 Å². The van der Waals surface area contributed by atoms with E-state index in [0.29, 0.717) is 29.8 Å². The molecule has 1 saturated heterocycles. The van der Waals surface area contributed by atoms with E-state index >= 15 is 0 Å². The van der Waals surface area contributed by atoms with Crippen LogP contribution in [-0.4, -0.2) is 34.0 Å². The second-order valence-corrected chi connectivity index (χ2v) is 9.11. The summed E-state index contributed by atoms with van der Waals surface area (Å²) in [6.07, 6.45) is 1.85. The fraction of sp³-hybridized carbons (Fsp3) is 0.400. The average molecular weight is 453 g/mol. The van der Waals surface area contributed by atoms with Crippen molar-refractivity contribution in [3.8, 4) is 11.4 Å². The summed E-state index contributed by atoms with van der Waals surface area (Å²) in [6.45, 7) is 8.36. The van der Waals surface area contributed by atoms with Crippen LogP contribution in [0.4, 0.5) is 0 Å². The number of carbonyl (C=O) groups is 1. The van der Waals surface area contributed by atoms with Crippen molar-refractivity contribution in [2.24, 2.45) is 5.92 Å². The quantitative estimate of drug-likeness (QED) is 0.563. The van der Waals surface area contributed by atoms with Crippen molar-refractivity contribution in [1.82, 2.24) is 20.4 Å². The first-order valence-electron chi connectivity index (χ1n) is 11.1. The van der Waals surface area contributed by atoms with Gasteiger partial charge in [-0.15, -0.1) is 0 Å². The maximum absolute atomic E-state index is 13.0. The van der Waals surface area contributed by atoms with Gasteiger partial charge in [0, 0.05) is 17.1 Å². The summed E-state index contributed by atoms with van der Waals surface area (Å²) in [6, 6.07) is 13.7. The number of rotatable bonds is 6. The number of aryl methyl sites for hydroxylation is 2. The molecule has 2 heterocycles. The van der Waals surface area contributed by atoms with Gasteiger partial charge >= 0.3 is 0 Å². The number of halogens is 1. The Kier molecular flexibility index (Phi) is 6.92. The van der Waals surface area contributed by atoms with Crippen LogP contribution in [0.5, 0.6) is 0 Å². The van der Waals surface area contributed by atoms with Crippen LogP contribution >= 0.6 is 11.6 Å². The van der Waals surface area contributed by atoms with Crippen LogP contribution < -0.4 is 5.32 Å². The molecule has 32 heavy (non-hydrogen) atoms. The van der Waals surface area contributed by atoms with Gasteiger partial charge in [0.15, 0.2) is 0 Å². The van der Waals surface area contributed by atoms with E-state index in [1.165, 1.54) is 11.1 Å². The van der Waals surface area contributed by atoms with Gasteiger partial charge in [-0.1, -0.05) is 47.1 Å². The molecule has 1 fully saturated rings. The molecule has 0 aliphatic carbocycles. The zero-order valence-corrected chi connectivity index (χ0v) is 19.5. The van der Waals surface area contributed by atoms with E-state index in [9.17, 15) is 4.79 Å². The van der Waals surface area contributed by atoms with Gasteiger partial charge in [-0.05, 0) is 69.0 Å². The number of piperidine rings is 1. The highest BCUT2D eigenvalue weighted by Crippen LogP contribution is 2.23. The van der Waals surface area contributed by atoms with Gasteiger partial charge in [0.2, 0.25) is 17.6 Å². The highest BCUT2D eigenvalue weighted by Gasteiger charge is 2.28. The van der Waals surface area contributed by atoms with Gasteiger partial charge in [0.25, 0.3) is 0 Å². The summed E-state index contributed by atoms with van der Waals surface area (Å²) in [5.41, 5.74) is 4.45. The minimum atomic E-state index is -0.0481. The number of nitrogens with one attached hydrogen (secondary N) is 1. The van der Waals surface area contributed by atoms with Crippen molar-refractivity contribution in [2.75, 3.05) is 13.1 Å². The largest absolute Gasteiger partial charge is 0.349 e. The average Bonchev–Trinajstić information content (AvgIpc) is 3.24. The zero-order chi connectivity index (χ0) is 22.7. The van der Waals surface area contributed by atoms with E-state index in [4.69, 9.17) is 16.1 Å². The third-order valence-corrected chi connectivity index (χ3v) is 6.41. The number of likely N-dealkylation sites (tertiary alicyclic amines) is 1. The van der Waals surface area contributed by atoms with Gasteiger partial charge < -0.3 is 9.84 Å². The Labute approximate surface area is 194 Å². The minimum absolute atomic E-state index is 0.0200. The lowest BCUT2D eigenvalue weighted by Gasteiger charge is -2.31. The third-order valence-electron chi connectivity index (χ3n) is 6.18. The molecule has 7 heteroatoms. The molecule has 0 radical (unpaired) electrons. The molecule has 0 spiro atoms. The van der Waals surface area contributed by atoms with Gasteiger partial charge in [-0.25, -0.2) is 0 Å². The predicted octanol–water partition coefficient (Wildman–Crippen LogP) is 5.10. The molecular weight excluding hydrogens is 424 g/mol. The lowest BCUT2D eigenvalue weighted by atomic mass is 9.96. The lowest BCUT2D eigenvalue weighted by molar-refractivity contribution is -0.127. The number of hydrogen-bond donors (Lipinski definition) is 1. The summed E-state index contributed by atoms with van der Waals surface area (Å²) in [5, 5.41) is 7.91. The Morgan fingerprint density at radius 2 is 2.09 bits per heavy atom. The number of amides is 1. The van der Waals surface area contributed by atoms with Crippen molar-refractivity contribution in [3.05, 3.63) is 70.1 Å². The highest BCUT2D eigenvalue weighted by atomic mass is 35.5.